The van der Waals surface area contributed by atoms with Crippen molar-refractivity contribution in [2.24, 2.45) is 5.92 Å². The summed E-state index contributed by atoms with van der Waals surface area (Å²) in [6, 6.07) is 10.7. The first-order chi connectivity index (χ1) is 14.6. The predicted molar refractivity (Wildman–Crippen MR) is 123 cm³/mol. The highest BCUT2D eigenvalue weighted by Gasteiger charge is 2.43. The molecule has 3 heterocycles. The number of piperidine rings is 1. The molecule has 1 aromatic carbocycles. The molecule has 1 unspecified atom stereocenters. The van der Waals surface area contributed by atoms with Gasteiger partial charge in [0.15, 0.2) is 0 Å². The Hall–Kier alpha value is -2.43. The van der Waals surface area contributed by atoms with Crippen molar-refractivity contribution in [1.29, 1.82) is 0 Å². The van der Waals surface area contributed by atoms with Crippen LogP contribution in [-0.4, -0.2) is 27.6 Å². The van der Waals surface area contributed by atoms with E-state index in [1.54, 1.807) is 0 Å². The summed E-state index contributed by atoms with van der Waals surface area (Å²) >= 11 is 6.53. The Labute approximate surface area is 183 Å². The number of halogens is 1. The maximum Gasteiger partial charge on any atom is 0.105 e. The molecule has 0 saturated carbocycles. The molecule has 5 rings (SSSR count). The Bertz CT molecular complexity index is 1110. The van der Waals surface area contributed by atoms with E-state index in [9.17, 15) is 0 Å². The number of imidazole rings is 1. The molecule has 5 heteroatoms. The number of fused-ring (bicyclic) bond motifs is 2. The molecule has 2 aliphatic rings. The highest BCUT2D eigenvalue weighted by atomic mass is 35.5. The van der Waals surface area contributed by atoms with Crippen LogP contribution in [0.4, 0.5) is 0 Å². The molecule has 1 aliphatic heterocycles. The molecule has 1 atom stereocenters. The third-order valence-corrected chi connectivity index (χ3v) is 7.20. The summed E-state index contributed by atoms with van der Waals surface area (Å²) in [6.45, 7) is 7.31. The van der Waals surface area contributed by atoms with E-state index >= 15 is 0 Å². The second-order valence-corrected chi connectivity index (χ2v) is 9.07. The van der Waals surface area contributed by atoms with E-state index in [-0.39, 0.29) is 5.41 Å². The Balaban J connectivity index is 1.75. The van der Waals surface area contributed by atoms with Crippen LogP contribution in [0.25, 0.3) is 11.6 Å². The van der Waals surface area contributed by atoms with E-state index in [2.05, 4.69) is 46.1 Å². The van der Waals surface area contributed by atoms with Gasteiger partial charge in [-0.05, 0) is 92.2 Å². The van der Waals surface area contributed by atoms with E-state index in [1.165, 1.54) is 28.0 Å². The fraction of sp³-hybridized carbons (Fsp3) is 0.360. The van der Waals surface area contributed by atoms with Crippen molar-refractivity contribution in [2.45, 2.75) is 38.6 Å². The van der Waals surface area contributed by atoms with Gasteiger partial charge in [0.05, 0.1) is 5.69 Å². The van der Waals surface area contributed by atoms with Gasteiger partial charge in [-0.1, -0.05) is 23.7 Å². The third-order valence-electron chi connectivity index (χ3n) is 6.97. The molecule has 4 nitrogen and oxygen atoms in total. The van der Waals surface area contributed by atoms with Crippen LogP contribution in [0.15, 0.2) is 48.9 Å². The van der Waals surface area contributed by atoms with E-state index in [1.807, 2.05) is 37.6 Å². The Kier molecular flexibility index (Phi) is 5.00. The van der Waals surface area contributed by atoms with E-state index in [4.69, 9.17) is 16.6 Å². The second kappa shape index (κ2) is 7.68. The van der Waals surface area contributed by atoms with E-state index < -0.39 is 0 Å². The minimum absolute atomic E-state index is 0.166. The lowest BCUT2D eigenvalue weighted by Crippen LogP contribution is -2.42. The standard InChI is InChI=1S/C25H27ClN4/c1-17-28-12-13-30(17)16-19-14-18-4-3-9-29-24(18)25(2,20-7-10-27-11-8-20)23-6-5-21(26)15-22(19)23/h3-6,9,12-15,20,27H,7-8,10-11,16H2,1-2H3. The lowest BCUT2D eigenvalue weighted by molar-refractivity contribution is 0.261. The summed E-state index contributed by atoms with van der Waals surface area (Å²) in [4.78, 5) is 9.38. The van der Waals surface area contributed by atoms with Crippen molar-refractivity contribution in [3.05, 3.63) is 82.2 Å². The van der Waals surface area contributed by atoms with Crippen molar-refractivity contribution in [3.8, 4) is 0 Å². The second-order valence-electron chi connectivity index (χ2n) is 8.63. The van der Waals surface area contributed by atoms with Gasteiger partial charge in [0.1, 0.15) is 5.82 Å². The van der Waals surface area contributed by atoms with Crippen LogP contribution in [0, 0.1) is 12.8 Å². The van der Waals surface area contributed by atoms with Crippen molar-refractivity contribution in [2.75, 3.05) is 13.1 Å². The molecule has 1 N–H and O–H groups in total. The summed E-state index contributed by atoms with van der Waals surface area (Å²) < 4.78 is 2.19. The number of hydrogen-bond acceptors (Lipinski definition) is 3. The van der Waals surface area contributed by atoms with Crippen molar-refractivity contribution < 1.29 is 0 Å². The first-order valence-electron chi connectivity index (χ1n) is 10.7. The third kappa shape index (κ3) is 3.19. The minimum Gasteiger partial charge on any atom is -0.331 e. The zero-order chi connectivity index (χ0) is 20.7. The molecule has 1 saturated heterocycles. The number of allylic oxidation sites excluding steroid dienone is 1. The summed E-state index contributed by atoms with van der Waals surface area (Å²) in [5, 5.41) is 4.30. The summed E-state index contributed by atoms with van der Waals surface area (Å²) in [6.07, 6.45) is 10.4. The number of nitrogens with zero attached hydrogens (tertiary/aromatic N) is 3. The fourth-order valence-electron chi connectivity index (χ4n) is 5.29. The van der Waals surface area contributed by atoms with Gasteiger partial charge in [0, 0.05) is 35.6 Å². The Morgan fingerprint density at radius 2 is 2.00 bits per heavy atom. The van der Waals surface area contributed by atoms with E-state index in [0.29, 0.717) is 5.92 Å². The number of benzene rings is 1. The van der Waals surface area contributed by atoms with Crippen LogP contribution in [-0.2, 0) is 12.0 Å². The molecule has 0 amide bonds. The molecule has 30 heavy (non-hydrogen) atoms. The van der Waals surface area contributed by atoms with Crippen LogP contribution < -0.4 is 5.32 Å². The van der Waals surface area contributed by atoms with Gasteiger partial charge in [0.25, 0.3) is 0 Å². The molecular weight excluding hydrogens is 392 g/mol. The number of aromatic nitrogens is 3. The minimum atomic E-state index is -0.166. The number of nitrogens with one attached hydrogen (secondary N) is 1. The number of aryl methyl sites for hydroxylation is 1. The topological polar surface area (TPSA) is 42.7 Å². The van der Waals surface area contributed by atoms with Gasteiger partial charge in [-0.15, -0.1) is 0 Å². The smallest absolute Gasteiger partial charge is 0.105 e. The lowest BCUT2D eigenvalue weighted by Gasteiger charge is -2.41. The van der Waals surface area contributed by atoms with Gasteiger partial charge < -0.3 is 9.88 Å². The average molecular weight is 419 g/mol. The number of hydrogen-bond donors (Lipinski definition) is 1. The highest BCUT2D eigenvalue weighted by molar-refractivity contribution is 6.30. The lowest BCUT2D eigenvalue weighted by atomic mass is 9.64. The van der Waals surface area contributed by atoms with Gasteiger partial charge in [-0.2, -0.15) is 0 Å². The fourth-order valence-corrected chi connectivity index (χ4v) is 5.47. The summed E-state index contributed by atoms with van der Waals surface area (Å²) in [5.74, 6) is 1.53. The van der Waals surface area contributed by atoms with Crippen molar-refractivity contribution in [3.63, 3.8) is 0 Å². The van der Waals surface area contributed by atoms with Gasteiger partial charge in [-0.3, -0.25) is 4.98 Å². The maximum atomic E-state index is 6.53. The average Bonchev–Trinajstić information content (AvgIpc) is 3.13. The van der Waals surface area contributed by atoms with Crippen LogP contribution >= 0.6 is 11.6 Å². The quantitative estimate of drug-likeness (QED) is 0.643. The molecule has 154 valence electrons. The summed E-state index contributed by atoms with van der Waals surface area (Å²) in [7, 11) is 0. The largest absolute Gasteiger partial charge is 0.331 e. The predicted octanol–water partition coefficient (Wildman–Crippen LogP) is 5.10. The van der Waals surface area contributed by atoms with Gasteiger partial charge in [0.2, 0.25) is 0 Å². The molecule has 1 aliphatic carbocycles. The Morgan fingerprint density at radius 3 is 2.77 bits per heavy atom. The molecule has 1 fully saturated rings. The molecule has 0 radical (unpaired) electrons. The first-order valence-corrected chi connectivity index (χ1v) is 11.1. The zero-order valence-corrected chi connectivity index (χ0v) is 18.3. The van der Waals surface area contributed by atoms with Crippen LogP contribution in [0.5, 0.6) is 0 Å². The van der Waals surface area contributed by atoms with Crippen LogP contribution in [0.1, 0.15) is 48.0 Å². The number of rotatable bonds is 3. The van der Waals surface area contributed by atoms with Crippen LogP contribution in [0.2, 0.25) is 5.02 Å². The normalized spacial score (nSPS) is 21.5. The SMILES string of the molecule is Cc1nccn1CC1=Cc2cccnc2C(C)(C2CCNCC2)c2ccc(Cl)cc21. The zero-order valence-electron chi connectivity index (χ0n) is 17.5. The Morgan fingerprint density at radius 1 is 1.17 bits per heavy atom. The van der Waals surface area contributed by atoms with Gasteiger partial charge >= 0.3 is 0 Å². The van der Waals surface area contributed by atoms with E-state index in [0.717, 1.165) is 43.3 Å². The molecule has 0 bridgehead atoms. The van der Waals surface area contributed by atoms with Crippen LogP contribution in [0.3, 0.4) is 0 Å². The summed E-state index contributed by atoms with van der Waals surface area (Å²) in [5.41, 5.74) is 6.03. The molecule has 0 spiro atoms. The molecule has 2 aromatic heterocycles. The van der Waals surface area contributed by atoms with Gasteiger partial charge in [-0.25, -0.2) is 4.98 Å². The molecule has 3 aromatic rings. The number of pyridine rings is 1. The highest BCUT2D eigenvalue weighted by Crippen LogP contribution is 2.49. The maximum absolute atomic E-state index is 6.53. The first kappa shape index (κ1) is 19.5. The molecular formula is C25H27ClN4. The van der Waals surface area contributed by atoms with Crippen molar-refractivity contribution >= 4 is 23.3 Å². The monoisotopic (exact) mass is 418 g/mol. The van der Waals surface area contributed by atoms with Crippen molar-refractivity contribution in [1.82, 2.24) is 19.9 Å².